The number of halogens is 4. The molecule has 190 valence electrons. The Labute approximate surface area is 209 Å². The van der Waals surface area contributed by atoms with Crippen molar-refractivity contribution < 1.29 is 40.7 Å². The maximum atomic E-state index is 13.0. The van der Waals surface area contributed by atoms with Gasteiger partial charge in [0.1, 0.15) is 5.75 Å². The van der Waals surface area contributed by atoms with E-state index < -0.39 is 40.6 Å². The Balaban J connectivity index is 1.65. The molecule has 3 aromatic rings. The number of amides is 1. The monoisotopic (exact) mass is 542 g/mol. The summed E-state index contributed by atoms with van der Waals surface area (Å²) in [5, 5.41) is 2.24. The predicted octanol–water partition coefficient (Wildman–Crippen LogP) is 4.86. The number of sulfonamides is 1. The Kier molecular flexibility index (Phi) is 8.10. The number of anilines is 2. The number of esters is 1. The zero-order valence-electron chi connectivity index (χ0n) is 18.5. The average Bonchev–Trinajstić information content (AvgIpc) is 2.83. The average molecular weight is 543 g/mol. The molecule has 0 unspecified atom stereocenters. The van der Waals surface area contributed by atoms with Gasteiger partial charge in [0.2, 0.25) is 0 Å². The highest BCUT2D eigenvalue weighted by atomic mass is 35.5. The lowest BCUT2D eigenvalue weighted by Crippen LogP contribution is -2.27. The molecule has 1 N–H and O–H groups in total. The highest BCUT2D eigenvalue weighted by molar-refractivity contribution is 7.92. The van der Waals surface area contributed by atoms with Crippen LogP contribution in [0.15, 0.2) is 77.7 Å². The van der Waals surface area contributed by atoms with Crippen molar-refractivity contribution >= 4 is 44.9 Å². The van der Waals surface area contributed by atoms with Crippen molar-refractivity contribution in [1.82, 2.24) is 0 Å². The minimum atomic E-state index is -4.85. The Bertz CT molecular complexity index is 1350. The lowest BCUT2D eigenvalue weighted by Gasteiger charge is -2.20. The van der Waals surface area contributed by atoms with Crippen LogP contribution in [-0.4, -0.2) is 40.3 Å². The number of hydrogen-bond acceptors (Lipinski definition) is 6. The Morgan fingerprint density at radius 2 is 1.64 bits per heavy atom. The number of rotatable bonds is 8. The van der Waals surface area contributed by atoms with Crippen LogP contribution in [0.2, 0.25) is 5.02 Å². The molecule has 0 atom stereocenters. The van der Waals surface area contributed by atoms with Crippen LogP contribution in [0, 0.1) is 0 Å². The van der Waals surface area contributed by atoms with Crippen molar-refractivity contribution in [2.45, 2.75) is 11.3 Å². The molecule has 0 saturated heterocycles. The van der Waals surface area contributed by atoms with E-state index in [4.69, 9.17) is 16.3 Å². The van der Waals surface area contributed by atoms with Gasteiger partial charge in [-0.25, -0.2) is 13.2 Å². The summed E-state index contributed by atoms with van der Waals surface area (Å²) in [6, 6.07) is 16.1. The quantitative estimate of drug-likeness (QED) is 0.408. The lowest BCUT2D eigenvalue weighted by atomic mass is 10.2. The van der Waals surface area contributed by atoms with Crippen LogP contribution in [0.1, 0.15) is 10.4 Å². The summed E-state index contributed by atoms with van der Waals surface area (Å²) in [6.07, 6.45) is -4.85. The molecule has 0 aliphatic heterocycles. The van der Waals surface area contributed by atoms with E-state index in [1.807, 2.05) is 0 Å². The van der Waals surface area contributed by atoms with Gasteiger partial charge in [0.15, 0.2) is 6.61 Å². The van der Waals surface area contributed by atoms with Crippen molar-refractivity contribution in [2.24, 2.45) is 0 Å². The smallest absolute Gasteiger partial charge is 0.452 e. The summed E-state index contributed by atoms with van der Waals surface area (Å²) in [6.45, 7) is -0.767. The number of ether oxygens (including phenoxy) is 2. The number of benzene rings is 3. The molecule has 13 heteroatoms. The van der Waals surface area contributed by atoms with E-state index in [9.17, 15) is 31.2 Å². The van der Waals surface area contributed by atoms with Gasteiger partial charge in [-0.05, 0) is 54.6 Å². The van der Waals surface area contributed by atoms with Gasteiger partial charge in [0.05, 0.1) is 21.2 Å². The van der Waals surface area contributed by atoms with Gasteiger partial charge in [-0.3, -0.25) is 9.10 Å². The minimum absolute atomic E-state index is 0.0954. The molecule has 3 rings (SSSR count). The van der Waals surface area contributed by atoms with Crippen LogP contribution >= 0.6 is 11.6 Å². The van der Waals surface area contributed by atoms with Crippen LogP contribution in [0.25, 0.3) is 0 Å². The van der Waals surface area contributed by atoms with Gasteiger partial charge >= 0.3 is 12.3 Å². The fourth-order valence-electron chi connectivity index (χ4n) is 2.90. The predicted molar refractivity (Wildman–Crippen MR) is 126 cm³/mol. The number of alkyl halides is 3. The summed E-state index contributed by atoms with van der Waals surface area (Å²) < 4.78 is 72.3. The topological polar surface area (TPSA) is 102 Å². The van der Waals surface area contributed by atoms with Crippen molar-refractivity contribution in [3.05, 3.63) is 83.4 Å². The second-order valence-electron chi connectivity index (χ2n) is 7.15. The first-order valence-corrected chi connectivity index (χ1v) is 11.8. The first-order chi connectivity index (χ1) is 16.9. The van der Waals surface area contributed by atoms with Crippen molar-refractivity contribution in [2.75, 3.05) is 23.3 Å². The molecule has 0 aliphatic carbocycles. The molecule has 36 heavy (non-hydrogen) atoms. The summed E-state index contributed by atoms with van der Waals surface area (Å²) in [7, 11) is -2.69. The lowest BCUT2D eigenvalue weighted by molar-refractivity contribution is -0.274. The molecule has 0 heterocycles. The number of hydrogen-bond donors (Lipinski definition) is 1. The number of carbonyl (C=O) groups excluding carboxylic acids is 2. The van der Waals surface area contributed by atoms with E-state index in [-0.39, 0.29) is 21.2 Å². The molecule has 0 radical (unpaired) electrons. The minimum Gasteiger partial charge on any atom is -0.452 e. The molecule has 3 aromatic carbocycles. The fraction of sp³-hybridized carbons (Fsp3) is 0.130. The summed E-state index contributed by atoms with van der Waals surface area (Å²) in [5.74, 6) is -2.32. The molecule has 0 bridgehead atoms. The molecule has 0 fully saturated rings. The van der Waals surface area contributed by atoms with Crippen LogP contribution in [0.3, 0.4) is 0 Å². The van der Waals surface area contributed by atoms with Crippen molar-refractivity contribution in [3.63, 3.8) is 0 Å². The van der Waals surface area contributed by atoms with Crippen LogP contribution in [-0.2, 0) is 19.6 Å². The maximum absolute atomic E-state index is 13.0. The van der Waals surface area contributed by atoms with E-state index in [0.717, 1.165) is 34.6 Å². The zero-order valence-corrected chi connectivity index (χ0v) is 20.0. The van der Waals surface area contributed by atoms with Gasteiger partial charge in [-0.2, -0.15) is 0 Å². The van der Waals surface area contributed by atoms with Gasteiger partial charge in [0, 0.05) is 12.7 Å². The molecule has 1 amide bonds. The molecule has 0 saturated carbocycles. The summed E-state index contributed by atoms with van der Waals surface area (Å²) >= 11 is 6.04. The van der Waals surface area contributed by atoms with Crippen LogP contribution < -0.4 is 14.4 Å². The summed E-state index contributed by atoms with van der Waals surface area (Å²) in [4.78, 5) is 24.4. The fourth-order valence-corrected chi connectivity index (χ4v) is 4.32. The number of nitrogens with zero attached hydrogens (tertiary/aromatic N) is 1. The van der Waals surface area contributed by atoms with E-state index in [2.05, 4.69) is 10.1 Å². The van der Waals surface area contributed by atoms with Gasteiger partial charge < -0.3 is 14.8 Å². The Hall–Kier alpha value is -3.77. The third-order valence-electron chi connectivity index (χ3n) is 4.64. The molecule has 0 spiro atoms. The van der Waals surface area contributed by atoms with Gasteiger partial charge in [-0.1, -0.05) is 29.8 Å². The standard InChI is InChI=1S/C23H18ClF3N2O6S/c1-29(16-5-3-2-4-6-16)36(32,33)18-11-12-20(24)19(13-18)22(31)34-14-21(30)28-15-7-9-17(10-8-15)35-23(25,26)27/h2-13H,14H2,1H3,(H,28,30). The molecule has 0 aromatic heterocycles. The SMILES string of the molecule is CN(c1ccccc1)S(=O)(=O)c1ccc(Cl)c(C(=O)OCC(=O)Nc2ccc(OC(F)(F)F)cc2)c1. The van der Waals surface area contributed by atoms with Crippen LogP contribution in [0.4, 0.5) is 24.5 Å². The van der Waals surface area contributed by atoms with Gasteiger partial charge in [-0.15, -0.1) is 13.2 Å². The van der Waals surface area contributed by atoms with E-state index in [0.29, 0.717) is 5.69 Å². The number of para-hydroxylation sites is 1. The molecular weight excluding hydrogens is 525 g/mol. The second-order valence-corrected chi connectivity index (χ2v) is 9.52. The van der Waals surface area contributed by atoms with E-state index in [1.165, 1.54) is 19.2 Å². The Morgan fingerprint density at radius 3 is 2.25 bits per heavy atom. The number of nitrogens with one attached hydrogen (secondary N) is 1. The second kappa shape index (κ2) is 10.9. The van der Waals surface area contributed by atoms with Crippen LogP contribution in [0.5, 0.6) is 5.75 Å². The first kappa shape index (κ1) is 26.8. The highest BCUT2D eigenvalue weighted by Gasteiger charge is 2.31. The van der Waals surface area contributed by atoms with E-state index >= 15 is 0 Å². The first-order valence-electron chi connectivity index (χ1n) is 10.0. The third-order valence-corrected chi connectivity index (χ3v) is 6.75. The molecule has 8 nitrogen and oxygen atoms in total. The normalized spacial score (nSPS) is 11.5. The zero-order chi connectivity index (χ0) is 26.5. The highest BCUT2D eigenvalue weighted by Crippen LogP contribution is 2.26. The molecular formula is C23H18ClF3N2O6S. The van der Waals surface area contributed by atoms with E-state index in [1.54, 1.807) is 30.3 Å². The Morgan fingerprint density at radius 1 is 1.00 bits per heavy atom. The van der Waals surface area contributed by atoms with Gasteiger partial charge in [0.25, 0.3) is 15.9 Å². The van der Waals surface area contributed by atoms with Crippen molar-refractivity contribution in [3.8, 4) is 5.75 Å². The maximum Gasteiger partial charge on any atom is 0.573 e. The number of carbonyl (C=O) groups is 2. The largest absolute Gasteiger partial charge is 0.573 e. The molecule has 0 aliphatic rings. The summed E-state index contributed by atoms with van der Waals surface area (Å²) in [5.41, 5.74) is 0.243. The van der Waals surface area contributed by atoms with Crippen molar-refractivity contribution in [1.29, 1.82) is 0 Å². The third kappa shape index (κ3) is 6.89.